The van der Waals surface area contributed by atoms with Gasteiger partial charge in [0.2, 0.25) is 0 Å². The predicted molar refractivity (Wildman–Crippen MR) is 207 cm³/mol. The van der Waals surface area contributed by atoms with E-state index in [0.29, 0.717) is 73.3 Å². The number of fused-ring (bicyclic) bond motifs is 2. The topological polar surface area (TPSA) is 170 Å². The molecule has 4 heterocycles. The summed E-state index contributed by atoms with van der Waals surface area (Å²) < 4.78 is 28.6. The molecule has 0 atom stereocenters. The van der Waals surface area contributed by atoms with Crippen molar-refractivity contribution < 1.29 is 18.4 Å². The molecule has 3 aliphatic rings. The maximum absolute atomic E-state index is 14.4. The van der Waals surface area contributed by atoms with Gasteiger partial charge >= 0.3 is 0 Å². The van der Waals surface area contributed by atoms with Gasteiger partial charge in [0.1, 0.15) is 11.6 Å². The van der Waals surface area contributed by atoms with E-state index in [1.54, 1.807) is 53.4 Å². The van der Waals surface area contributed by atoms with Crippen LogP contribution in [0.4, 0.5) is 8.78 Å². The number of likely N-dealkylation sites (tertiary alicyclic amines) is 2. The van der Waals surface area contributed by atoms with E-state index in [-0.39, 0.29) is 40.1 Å². The Kier molecular flexibility index (Phi) is 10.2. The van der Waals surface area contributed by atoms with E-state index in [1.165, 1.54) is 36.3 Å². The third-order valence-electron chi connectivity index (χ3n) is 10.8. The Morgan fingerprint density at radius 3 is 1.54 bits per heavy atom. The quantitative estimate of drug-likeness (QED) is 0.180. The van der Waals surface area contributed by atoms with Gasteiger partial charge in [0.05, 0.1) is 33.3 Å². The zero-order valence-corrected chi connectivity index (χ0v) is 30.4. The summed E-state index contributed by atoms with van der Waals surface area (Å²) in [6.07, 6.45) is 4.44. The summed E-state index contributed by atoms with van der Waals surface area (Å²) in [5.74, 6) is -1.71. The minimum absolute atomic E-state index is 0.0307. The number of H-pyrrole nitrogens is 2. The fourth-order valence-corrected chi connectivity index (χ4v) is 7.37. The van der Waals surface area contributed by atoms with Crippen molar-refractivity contribution in [2.45, 2.75) is 50.2 Å². The molecule has 56 heavy (non-hydrogen) atoms. The number of carbonyl (C=O) groups excluding carboxylic acids is 2. The second-order valence-electron chi connectivity index (χ2n) is 14.7. The first kappa shape index (κ1) is 36.8. The van der Waals surface area contributed by atoms with E-state index in [4.69, 9.17) is 5.73 Å². The molecule has 1 aliphatic carbocycles. The Morgan fingerprint density at radius 1 is 0.661 bits per heavy atom. The number of nitrogens with one attached hydrogen (secondary N) is 3. The fraction of sp³-hybridized carbons (Fsp3) is 0.286. The van der Waals surface area contributed by atoms with Crippen molar-refractivity contribution in [3.05, 3.63) is 151 Å². The van der Waals surface area contributed by atoms with E-state index in [2.05, 4.69) is 25.7 Å². The molecular weight excluding hydrogens is 719 g/mol. The van der Waals surface area contributed by atoms with Crippen molar-refractivity contribution in [2.24, 2.45) is 5.73 Å². The lowest BCUT2D eigenvalue weighted by molar-refractivity contribution is 0.0528. The minimum Gasteiger partial charge on any atom is -0.335 e. The number of nitrogens with two attached hydrogens (primary N) is 1. The highest BCUT2D eigenvalue weighted by molar-refractivity contribution is 5.96. The van der Waals surface area contributed by atoms with Gasteiger partial charge in [0.15, 0.2) is 0 Å². The smallest absolute Gasteiger partial charge is 0.272 e. The average Bonchev–Trinajstić information content (AvgIpc) is 3.16. The maximum Gasteiger partial charge on any atom is 0.272 e. The Bertz CT molecular complexity index is 2580. The number of carbonyl (C=O) groups is 2. The Hall–Kier alpha value is -6.12. The summed E-state index contributed by atoms with van der Waals surface area (Å²) in [5.41, 5.74) is 8.17. The highest BCUT2D eigenvalue weighted by atomic mass is 19.1. The molecule has 5 N–H and O–H groups in total. The molecular formula is C42H40F2N8O4. The number of aromatic amines is 2. The number of hydrogen-bond acceptors (Lipinski definition) is 8. The van der Waals surface area contributed by atoms with Crippen molar-refractivity contribution in [3.63, 3.8) is 0 Å². The second-order valence-corrected chi connectivity index (χ2v) is 14.7. The summed E-state index contributed by atoms with van der Waals surface area (Å²) in [6.45, 7) is 2.11. The van der Waals surface area contributed by atoms with Gasteiger partial charge in [0.25, 0.3) is 22.9 Å². The van der Waals surface area contributed by atoms with Crippen molar-refractivity contribution >= 4 is 33.4 Å². The highest BCUT2D eigenvalue weighted by Crippen LogP contribution is 2.25. The lowest BCUT2D eigenvalue weighted by Crippen LogP contribution is -2.62. The number of amides is 2. The van der Waals surface area contributed by atoms with E-state index < -0.39 is 11.6 Å². The summed E-state index contributed by atoms with van der Waals surface area (Å²) in [5, 5.41) is 19.5. The molecule has 3 fully saturated rings. The molecule has 0 spiro atoms. The number of benzene rings is 4. The molecule has 14 heteroatoms. The van der Waals surface area contributed by atoms with Gasteiger partial charge in [-0.05, 0) is 60.4 Å². The van der Waals surface area contributed by atoms with Crippen LogP contribution in [-0.2, 0) is 12.8 Å². The Labute approximate surface area is 319 Å². The molecule has 9 rings (SSSR count). The molecule has 12 nitrogen and oxygen atoms in total. The van der Waals surface area contributed by atoms with Crippen molar-refractivity contribution in [2.75, 3.05) is 26.2 Å². The zero-order valence-electron chi connectivity index (χ0n) is 30.4. The first-order valence-electron chi connectivity index (χ1n) is 18.7. The monoisotopic (exact) mass is 758 g/mol. The van der Waals surface area contributed by atoms with Crippen LogP contribution in [0.15, 0.2) is 94.5 Å². The molecule has 286 valence electrons. The van der Waals surface area contributed by atoms with E-state index >= 15 is 0 Å². The molecule has 2 aromatic heterocycles. The standard InChI is InChI=1S/C23H23FN4O2.C19H17FN4O2/c24-20-9-8-14(11-21-17-6-1-2-7-18(17)22(29)27-26-21)10-19(20)23(30)28-12-16(13-28)25-15-4-3-5-15;20-16-6-5-11(7-15(16)19(26)24-9-12(21)10-24)8-17-13-3-1-2-4-14(13)18(25)23-22-17/h1-2,6-10,15-16,25H,3-5,11-13H2,(H,27,29);1-7,12H,8-10,21H2,(H,23,25). The van der Waals surface area contributed by atoms with Gasteiger partial charge in [-0.3, -0.25) is 19.2 Å². The number of hydrogen-bond donors (Lipinski definition) is 4. The average molecular weight is 759 g/mol. The van der Waals surface area contributed by atoms with Crippen LogP contribution in [0.2, 0.25) is 0 Å². The van der Waals surface area contributed by atoms with Crippen LogP contribution < -0.4 is 22.2 Å². The number of aromatic nitrogens is 4. The summed E-state index contributed by atoms with van der Waals surface area (Å²) in [6, 6.07) is 24.3. The molecule has 1 saturated carbocycles. The largest absolute Gasteiger partial charge is 0.335 e. The Balaban J connectivity index is 0.000000159. The van der Waals surface area contributed by atoms with Gasteiger partial charge in [-0.1, -0.05) is 55.0 Å². The van der Waals surface area contributed by atoms with Crippen molar-refractivity contribution in [1.29, 1.82) is 0 Å². The number of nitrogens with zero attached hydrogens (tertiary/aromatic N) is 4. The molecule has 6 aromatic rings. The van der Waals surface area contributed by atoms with Gasteiger partial charge in [0, 0.05) is 67.9 Å². The third kappa shape index (κ3) is 7.57. The first-order valence-corrected chi connectivity index (χ1v) is 18.7. The Morgan fingerprint density at radius 2 is 1.11 bits per heavy atom. The molecule has 2 aliphatic heterocycles. The molecule has 2 amide bonds. The summed E-state index contributed by atoms with van der Waals surface area (Å²) in [7, 11) is 0. The molecule has 0 radical (unpaired) electrons. The normalized spacial score (nSPS) is 15.8. The highest BCUT2D eigenvalue weighted by Gasteiger charge is 2.35. The SMILES string of the molecule is NC1CN(C(=O)c2cc(Cc3n[nH]c(=O)c4ccccc34)ccc2F)C1.O=C(c1cc(Cc2n[nH]c(=O)c3ccccc23)ccc1F)N1CC(NC2CCC2)C1. The van der Waals surface area contributed by atoms with Crippen LogP contribution in [0, 0.1) is 11.6 Å². The maximum atomic E-state index is 14.4. The lowest BCUT2D eigenvalue weighted by Gasteiger charge is -2.43. The van der Waals surface area contributed by atoms with Crippen LogP contribution in [0.3, 0.4) is 0 Å². The van der Waals surface area contributed by atoms with Crippen molar-refractivity contribution in [3.8, 4) is 0 Å². The second kappa shape index (κ2) is 15.6. The van der Waals surface area contributed by atoms with Gasteiger partial charge in [-0.25, -0.2) is 19.0 Å². The summed E-state index contributed by atoms with van der Waals surface area (Å²) >= 11 is 0. The number of halogens is 2. The van der Waals surface area contributed by atoms with Crippen LogP contribution in [0.25, 0.3) is 21.5 Å². The zero-order chi connectivity index (χ0) is 38.9. The molecule has 2 saturated heterocycles. The lowest BCUT2D eigenvalue weighted by atomic mass is 9.91. The predicted octanol–water partition coefficient (Wildman–Crippen LogP) is 4.06. The molecule has 0 unspecified atom stereocenters. The van der Waals surface area contributed by atoms with Gasteiger partial charge < -0.3 is 20.9 Å². The van der Waals surface area contributed by atoms with E-state index in [0.717, 1.165) is 21.9 Å². The minimum atomic E-state index is -0.557. The number of rotatable bonds is 8. The van der Waals surface area contributed by atoms with Crippen LogP contribution in [-0.4, -0.2) is 86.3 Å². The molecule has 4 aromatic carbocycles. The van der Waals surface area contributed by atoms with Gasteiger partial charge in [-0.2, -0.15) is 10.2 Å². The fourth-order valence-electron chi connectivity index (χ4n) is 7.37. The first-order chi connectivity index (χ1) is 27.1. The van der Waals surface area contributed by atoms with Crippen LogP contribution >= 0.6 is 0 Å². The van der Waals surface area contributed by atoms with Crippen molar-refractivity contribution in [1.82, 2.24) is 35.5 Å². The van der Waals surface area contributed by atoms with Crippen LogP contribution in [0.1, 0.15) is 62.5 Å². The third-order valence-corrected chi connectivity index (χ3v) is 10.8. The van der Waals surface area contributed by atoms with E-state index in [9.17, 15) is 28.0 Å². The van der Waals surface area contributed by atoms with E-state index in [1.807, 2.05) is 24.3 Å². The van der Waals surface area contributed by atoms with Gasteiger partial charge in [-0.15, -0.1) is 0 Å². The molecule has 0 bridgehead atoms. The summed E-state index contributed by atoms with van der Waals surface area (Å²) in [4.78, 5) is 52.3. The van der Waals surface area contributed by atoms with Crippen LogP contribution in [0.5, 0.6) is 0 Å².